The molecular formula is C15H15ClN4O3S. The number of fused-ring (bicyclic) bond motifs is 1. The van der Waals surface area contributed by atoms with Gasteiger partial charge in [-0.1, -0.05) is 0 Å². The van der Waals surface area contributed by atoms with E-state index in [1.165, 1.54) is 12.1 Å². The average Bonchev–Trinajstić information content (AvgIpc) is 3.15. The van der Waals surface area contributed by atoms with Crippen LogP contribution in [0.5, 0.6) is 0 Å². The van der Waals surface area contributed by atoms with E-state index in [-0.39, 0.29) is 11.6 Å². The fourth-order valence-corrected chi connectivity index (χ4v) is 3.63. The Morgan fingerprint density at radius 2 is 2.12 bits per heavy atom. The number of carbonyl (C=O) groups is 1. The van der Waals surface area contributed by atoms with E-state index in [0.717, 1.165) is 22.8 Å². The molecule has 1 aliphatic rings. The van der Waals surface area contributed by atoms with Crippen molar-refractivity contribution >= 4 is 40.8 Å². The molecule has 0 saturated heterocycles. The van der Waals surface area contributed by atoms with Gasteiger partial charge in [0.2, 0.25) is 5.91 Å². The largest absolute Gasteiger partial charge is 0.310 e. The van der Waals surface area contributed by atoms with Crippen molar-refractivity contribution in [2.45, 2.75) is 24.3 Å². The Bertz CT molecular complexity index is 776. The van der Waals surface area contributed by atoms with Crippen LogP contribution in [-0.4, -0.2) is 26.5 Å². The van der Waals surface area contributed by atoms with Crippen molar-refractivity contribution < 1.29 is 9.72 Å². The van der Waals surface area contributed by atoms with Gasteiger partial charge in [0.25, 0.3) is 5.69 Å². The van der Waals surface area contributed by atoms with Crippen molar-refractivity contribution in [2.75, 3.05) is 11.2 Å². The summed E-state index contributed by atoms with van der Waals surface area (Å²) in [6.45, 7) is 0. The molecule has 3 rings (SSSR count). The van der Waals surface area contributed by atoms with Gasteiger partial charge in [0.05, 0.1) is 16.3 Å². The Kier molecular flexibility index (Phi) is 5.06. The Morgan fingerprint density at radius 3 is 2.79 bits per heavy atom. The molecule has 24 heavy (non-hydrogen) atoms. The molecule has 1 aliphatic heterocycles. The second-order valence-electron chi connectivity index (χ2n) is 5.29. The van der Waals surface area contributed by atoms with Gasteiger partial charge >= 0.3 is 0 Å². The first kappa shape index (κ1) is 16.8. The summed E-state index contributed by atoms with van der Waals surface area (Å²) in [6.07, 6.45) is 0.951. The lowest BCUT2D eigenvalue weighted by atomic mass is 10.2. The number of nitrogens with one attached hydrogen (secondary N) is 1. The summed E-state index contributed by atoms with van der Waals surface area (Å²) in [5.41, 5.74) is 2.64. The van der Waals surface area contributed by atoms with Crippen molar-refractivity contribution in [3.05, 3.63) is 45.6 Å². The van der Waals surface area contributed by atoms with Crippen LogP contribution < -0.4 is 5.32 Å². The van der Waals surface area contributed by atoms with Crippen LogP contribution in [0.15, 0.2) is 24.3 Å². The van der Waals surface area contributed by atoms with Gasteiger partial charge in [-0.25, -0.2) is 4.68 Å². The van der Waals surface area contributed by atoms with Crippen LogP contribution in [-0.2, 0) is 16.3 Å². The van der Waals surface area contributed by atoms with Gasteiger partial charge in [-0.15, -0.1) is 11.6 Å². The summed E-state index contributed by atoms with van der Waals surface area (Å²) in [4.78, 5) is 22.4. The Labute approximate surface area is 147 Å². The molecule has 0 atom stereocenters. The minimum atomic E-state index is -0.446. The number of hydrogen-bond acceptors (Lipinski definition) is 5. The van der Waals surface area contributed by atoms with Gasteiger partial charge in [0.1, 0.15) is 5.82 Å². The Hall–Kier alpha value is -2.06. The number of anilines is 1. The number of rotatable bonds is 6. The van der Waals surface area contributed by atoms with E-state index >= 15 is 0 Å². The zero-order chi connectivity index (χ0) is 17.1. The fraction of sp³-hybridized carbons (Fsp3) is 0.333. The molecule has 0 saturated carbocycles. The highest BCUT2D eigenvalue weighted by Crippen LogP contribution is 2.36. The number of benzene rings is 1. The van der Waals surface area contributed by atoms with Gasteiger partial charge in [0, 0.05) is 41.5 Å². The molecule has 2 aromatic rings. The Morgan fingerprint density at radius 1 is 1.38 bits per heavy atom. The number of amides is 1. The third-order valence-electron chi connectivity index (χ3n) is 3.65. The molecule has 1 N–H and O–H groups in total. The number of non-ortho nitro benzene ring substituents is 1. The summed E-state index contributed by atoms with van der Waals surface area (Å²) in [5.74, 6) is 2.54. The third kappa shape index (κ3) is 3.39. The molecule has 1 aromatic heterocycles. The summed E-state index contributed by atoms with van der Waals surface area (Å²) >= 11 is 7.37. The van der Waals surface area contributed by atoms with Gasteiger partial charge in [-0.05, 0) is 18.6 Å². The van der Waals surface area contributed by atoms with Gasteiger partial charge < -0.3 is 5.32 Å². The highest BCUT2D eigenvalue weighted by atomic mass is 35.5. The van der Waals surface area contributed by atoms with E-state index in [9.17, 15) is 14.9 Å². The number of nitro groups is 1. The molecule has 0 fully saturated rings. The maximum Gasteiger partial charge on any atom is 0.269 e. The number of carbonyl (C=O) groups excluding carboxylic acids is 1. The predicted octanol–water partition coefficient (Wildman–Crippen LogP) is 3.48. The van der Waals surface area contributed by atoms with E-state index in [1.54, 1.807) is 28.6 Å². The van der Waals surface area contributed by atoms with Gasteiger partial charge in [-0.2, -0.15) is 16.9 Å². The lowest BCUT2D eigenvalue weighted by Crippen LogP contribution is -2.16. The first-order valence-corrected chi connectivity index (χ1v) is 9.08. The second kappa shape index (κ2) is 7.23. The number of hydrogen-bond donors (Lipinski definition) is 1. The molecule has 0 aliphatic carbocycles. The van der Waals surface area contributed by atoms with E-state index in [2.05, 4.69) is 10.4 Å². The molecule has 1 amide bonds. The van der Waals surface area contributed by atoms with Crippen LogP contribution in [0.4, 0.5) is 11.5 Å². The topological polar surface area (TPSA) is 90.1 Å². The molecule has 0 unspecified atom stereocenters. The quantitative estimate of drug-likeness (QED) is 0.480. The van der Waals surface area contributed by atoms with Crippen LogP contribution in [0.25, 0.3) is 5.69 Å². The van der Waals surface area contributed by atoms with E-state index < -0.39 is 4.92 Å². The molecule has 0 bridgehead atoms. The first-order valence-electron chi connectivity index (χ1n) is 7.39. The predicted molar refractivity (Wildman–Crippen MR) is 93.8 cm³/mol. The van der Waals surface area contributed by atoms with Crippen molar-refractivity contribution in [3.63, 3.8) is 0 Å². The third-order valence-corrected chi connectivity index (χ3v) is 4.89. The fourth-order valence-electron chi connectivity index (χ4n) is 2.47. The summed E-state index contributed by atoms with van der Waals surface area (Å²) < 4.78 is 1.65. The minimum absolute atomic E-state index is 0.0155. The van der Waals surface area contributed by atoms with E-state index in [4.69, 9.17) is 11.6 Å². The minimum Gasteiger partial charge on any atom is -0.310 e. The molecule has 1 aromatic carbocycles. The molecule has 0 radical (unpaired) electrons. The second-order valence-corrected chi connectivity index (χ2v) is 6.66. The maximum atomic E-state index is 12.1. The van der Waals surface area contributed by atoms with Crippen LogP contribution >= 0.6 is 23.4 Å². The van der Waals surface area contributed by atoms with Crippen molar-refractivity contribution in [1.29, 1.82) is 0 Å². The summed E-state index contributed by atoms with van der Waals surface area (Å²) in [5, 5.41) is 18.3. The zero-order valence-electron chi connectivity index (χ0n) is 12.7. The van der Waals surface area contributed by atoms with Crippen molar-refractivity contribution in [3.8, 4) is 5.69 Å². The van der Waals surface area contributed by atoms with Crippen LogP contribution in [0.1, 0.15) is 24.1 Å². The van der Waals surface area contributed by atoms with Gasteiger partial charge in [-0.3, -0.25) is 14.9 Å². The number of nitro benzene ring substituents is 1. The van der Waals surface area contributed by atoms with Crippen LogP contribution in [0, 0.1) is 10.1 Å². The number of nitrogens with zero attached hydrogens (tertiary/aromatic N) is 3. The zero-order valence-corrected chi connectivity index (χ0v) is 14.3. The smallest absolute Gasteiger partial charge is 0.269 e. The molecule has 2 heterocycles. The molecule has 0 spiro atoms. The molecule has 9 heteroatoms. The maximum absolute atomic E-state index is 12.1. The number of aromatic nitrogens is 2. The molecular weight excluding hydrogens is 352 g/mol. The molecule has 7 nitrogen and oxygen atoms in total. The summed E-state index contributed by atoms with van der Waals surface area (Å²) in [6, 6.07) is 6.11. The monoisotopic (exact) mass is 366 g/mol. The summed E-state index contributed by atoms with van der Waals surface area (Å²) in [7, 11) is 0. The standard InChI is InChI=1S/C15H15ClN4O3S/c16-7-1-2-14(21)17-15-12-8-24-9-13(12)18-19(15)10-3-5-11(6-4-10)20(22)23/h3-6H,1-2,7-9H2,(H,17,21). The number of thioether (sulfide) groups is 1. The average molecular weight is 367 g/mol. The highest BCUT2D eigenvalue weighted by molar-refractivity contribution is 7.98. The van der Waals surface area contributed by atoms with Crippen LogP contribution in [0.2, 0.25) is 0 Å². The lowest BCUT2D eigenvalue weighted by molar-refractivity contribution is -0.384. The Balaban J connectivity index is 1.92. The molecule has 126 valence electrons. The van der Waals surface area contributed by atoms with Crippen LogP contribution in [0.3, 0.4) is 0 Å². The van der Waals surface area contributed by atoms with Crippen molar-refractivity contribution in [1.82, 2.24) is 9.78 Å². The van der Waals surface area contributed by atoms with Gasteiger partial charge in [0.15, 0.2) is 0 Å². The highest BCUT2D eigenvalue weighted by Gasteiger charge is 2.24. The normalized spacial score (nSPS) is 12.9. The first-order chi connectivity index (χ1) is 11.6. The number of halogens is 1. The number of alkyl halides is 1. The van der Waals surface area contributed by atoms with E-state index in [0.29, 0.717) is 30.2 Å². The SMILES string of the molecule is O=C(CCCCl)Nc1c2c(nn1-c1ccc([N+](=O)[O-])cc1)CSC2. The van der Waals surface area contributed by atoms with E-state index in [1.807, 2.05) is 0 Å². The lowest BCUT2D eigenvalue weighted by Gasteiger charge is -2.10. The van der Waals surface area contributed by atoms with Crippen molar-refractivity contribution in [2.24, 2.45) is 0 Å².